The molecule has 166 valence electrons. The number of nitrogens with one attached hydrogen (secondary N) is 1. The first kappa shape index (κ1) is 21.3. The van der Waals surface area contributed by atoms with Gasteiger partial charge in [-0.3, -0.25) is 8.75 Å². The van der Waals surface area contributed by atoms with E-state index in [4.69, 9.17) is 9.88 Å². The summed E-state index contributed by atoms with van der Waals surface area (Å²) in [5.41, 5.74) is 0.934. The molecule has 0 spiro atoms. The molecule has 4 atom stereocenters. The summed E-state index contributed by atoms with van der Waals surface area (Å²) in [6, 6.07) is 0. The maximum atomic E-state index is 11.0. The van der Waals surface area contributed by atoms with Gasteiger partial charge < -0.3 is 20.3 Å². The Morgan fingerprint density at radius 2 is 1.97 bits per heavy atom. The molecule has 0 unspecified atom stereocenters. The van der Waals surface area contributed by atoms with Gasteiger partial charge in [-0.2, -0.15) is 8.42 Å². The molecule has 12 nitrogen and oxygen atoms in total. The highest BCUT2D eigenvalue weighted by molar-refractivity contribution is 7.84. The van der Waals surface area contributed by atoms with Crippen LogP contribution in [-0.4, -0.2) is 69.6 Å². The van der Waals surface area contributed by atoms with E-state index < -0.39 is 41.5 Å². The van der Waals surface area contributed by atoms with Gasteiger partial charge in [0.15, 0.2) is 23.2 Å². The molecule has 3 heterocycles. The van der Waals surface area contributed by atoms with Crippen LogP contribution in [0.4, 0.5) is 5.82 Å². The van der Waals surface area contributed by atoms with Crippen molar-refractivity contribution in [3.63, 3.8) is 0 Å². The zero-order valence-corrected chi connectivity index (χ0v) is 17.1. The molecule has 1 saturated heterocycles. The van der Waals surface area contributed by atoms with Crippen LogP contribution >= 0.6 is 0 Å². The fourth-order valence-electron chi connectivity index (χ4n) is 4.06. The van der Waals surface area contributed by atoms with Crippen LogP contribution in [0.15, 0.2) is 12.7 Å². The summed E-state index contributed by atoms with van der Waals surface area (Å²) >= 11 is 0. The molecule has 5 N–H and O–H groups in total. The number of ether oxygens (including phenoxy) is 1. The zero-order valence-electron chi connectivity index (χ0n) is 16.3. The van der Waals surface area contributed by atoms with Gasteiger partial charge in [-0.05, 0) is 18.8 Å². The zero-order chi connectivity index (χ0) is 21.3. The fourth-order valence-corrected chi connectivity index (χ4v) is 4.38. The third-order valence-corrected chi connectivity index (χ3v) is 6.11. The number of aliphatic hydroxyl groups excluding tert-OH is 2. The number of fused-ring (bicyclic) bond motifs is 1. The summed E-state index contributed by atoms with van der Waals surface area (Å²) in [6.45, 7) is 0.274. The maximum Gasteiger partial charge on any atom is 0.333 e. The number of hydrogen-bond acceptors (Lipinski definition) is 10. The molecule has 0 amide bonds. The third kappa shape index (κ3) is 4.55. The number of hydrogen-bond donors (Lipinski definition) is 4. The van der Waals surface area contributed by atoms with Crippen molar-refractivity contribution in [3.8, 4) is 0 Å². The van der Waals surface area contributed by atoms with Gasteiger partial charge in [-0.15, -0.1) is 0 Å². The topological polar surface area (TPSA) is 175 Å². The number of aromatic nitrogens is 4. The van der Waals surface area contributed by atoms with Gasteiger partial charge in [0, 0.05) is 6.54 Å². The largest absolute Gasteiger partial charge is 0.387 e. The molecule has 1 saturated carbocycles. The van der Waals surface area contributed by atoms with Crippen molar-refractivity contribution in [2.45, 2.75) is 56.6 Å². The van der Waals surface area contributed by atoms with Crippen molar-refractivity contribution in [1.29, 1.82) is 0 Å². The Balaban J connectivity index is 1.50. The molecule has 2 aromatic rings. The van der Waals surface area contributed by atoms with E-state index >= 15 is 0 Å². The third-order valence-electron chi connectivity index (χ3n) is 5.65. The molecule has 0 radical (unpaired) electrons. The van der Waals surface area contributed by atoms with Crippen LogP contribution in [0.5, 0.6) is 0 Å². The number of nitrogens with two attached hydrogens (primary N) is 1. The van der Waals surface area contributed by atoms with E-state index in [2.05, 4.69) is 24.5 Å². The second-order valence-electron chi connectivity index (χ2n) is 7.75. The van der Waals surface area contributed by atoms with Crippen LogP contribution in [0.2, 0.25) is 0 Å². The van der Waals surface area contributed by atoms with E-state index in [0.717, 1.165) is 6.54 Å². The predicted octanol–water partition coefficient (Wildman–Crippen LogP) is -0.342. The Morgan fingerprint density at radius 1 is 1.20 bits per heavy atom. The summed E-state index contributed by atoms with van der Waals surface area (Å²) in [5, 5.41) is 28.8. The van der Waals surface area contributed by atoms with Crippen molar-refractivity contribution < 1.29 is 27.6 Å². The van der Waals surface area contributed by atoms with Gasteiger partial charge >= 0.3 is 10.3 Å². The van der Waals surface area contributed by atoms with Gasteiger partial charge in [0.2, 0.25) is 0 Å². The van der Waals surface area contributed by atoms with Gasteiger partial charge in [-0.25, -0.2) is 20.1 Å². The molecule has 1 aliphatic heterocycles. The lowest BCUT2D eigenvalue weighted by molar-refractivity contribution is -0.0467. The van der Waals surface area contributed by atoms with Crippen molar-refractivity contribution in [2.24, 2.45) is 11.1 Å². The Bertz CT molecular complexity index is 978. The van der Waals surface area contributed by atoms with Crippen LogP contribution in [0, 0.1) is 5.92 Å². The summed E-state index contributed by atoms with van der Waals surface area (Å²) in [6.07, 6.45) is 4.16. The molecule has 1 aliphatic carbocycles. The van der Waals surface area contributed by atoms with Crippen molar-refractivity contribution in [3.05, 3.63) is 12.7 Å². The fraction of sp³-hybridized carbons (Fsp3) is 0.706. The van der Waals surface area contributed by atoms with E-state index in [0.29, 0.717) is 22.9 Å². The highest BCUT2D eigenvalue weighted by Gasteiger charge is 2.45. The lowest BCUT2D eigenvalue weighted by atomic mass is 9.89. The first-order valence-corrected chi connectivity index (χ1v) is 11.4. The second-order valence-corrected chi connectivity index (χ2v) is 8.98. The number of nitrogens with zero attached hydrogens (tertiary/aromatic N) is 4. The molecular formula is C17H26N6O6S. The van der Waals surface area contributed by atoms with Gasteiger partial charge in [0.1, 0.15) is 24.6 Å². The van der Waals surface area contributed by atoms with Crippen LogP contribution in [0.25, 0.3) is 11.2 Å². The smallest absolute Gasteiger partial charge is 0.333 e. The van der Waals surface area contributed by atoms with E-state index in [-0.39, 0.29) is 0 Å². The average molecular weight is 442 g/mol. The van der Waals surface area contributed by atoms with E-state index in [9.17, 15) is 18.6 Å². The first-order valence-electron chi connectivity index (χ1n) is 9.93. The van der Waals surface area contributed by atoms with Crippen molar-refractivity contribution in [1.82, 2.24) is 19.5 Å². The molecule has 13 heteroatoms. The molecule has 2 aromatic heterocycles. The van der Waals surface area contributed by atoms with Crippen molar-refractivity contribution in [2.75, 3.05) is 18.5 Å². The minimum atomic E-state index is -4.20. The molecule has 0 aromatic carbocycles. The summed E-state index contributed by atoms with van der Waals surface area (Å²) in [7, 11) is -4.20. The van der Waals surface area contributed by atoms with E-state index in [1.54, 1.807) is 0 Å². The Hall–Kier alpha value is -1.90. The van der Waals surface area contributed by atoms with Gasteiger partial charge in [0.05, 0.1) is 12.9 Å². The summed E-state index contributed by atoms with van der Waals surface area (Å²) < 4.78 is 33.6. The predicted molar refractivity (Wildman–Crippen MR) is 105 cm³/mol. The summed E-state index contributed by atoms with van der Waals surface area (Å²) in [4.78, 5) is 12.9. The highest BCUT2D eigenvalue weighted by atomic mass is 32.2. The molecule has 2 fully saturated rings. The van der Waals surface area contributed by atoms with Crippen LogP contribution in [0.3, 0.4) is 0 Å². The number of anilines is 1. The quantitative estimate of drug-likeness (QED) is 0.444. The monoisotopic (exact) mass is 442 g/mol. The number of aliphatic hydroxyl groups is 2. The van der Waals surface area contributed by atoms with E-state index in [1.807, 2.05) is 0 Å². The lowest BCUT2D eigenvalue weighted by Gasteiger charge is -2.22. The molecule has 30 heavy (non-hydrogen) atoms. The normalized spacial score (nSPS) is 28.2. The van der Waals surface area contributed by atoms with Crippen LogP contribution in [-0.2, 0) is 19.2 Å². The van der Waals surface area contributed by atoms with Crippen LogP contribution in [0.1, 0.15) is 38.3 Å². The highest BCUT2D eigenvalue weighted by Crippen LogP contribution is 2.32. The number of imidazole rings is 1. The molecule has 4 rings (SSSR count). The van der Waals surface area contributed by atoms with Crippen molar-refractivity contribution >= 4 is 27.3 Å². The average Bonchev–Trinajstić information content (AvgIpc) is 3.27. The summed E-state index contributed by atoms with van der Waals surface area (Å²) in [5.74, 6) is 1.19. The first-order chi connectivity index (χ1) is 14.3. The van der Waals surface area contributed by atoms with Gasteiger partial charge in [0.25, 0.3) is 0 Å². The van der Waals surface area contributed by atoms with E-state index in [1.165, 1.54) is 49.3 Å². The molecule has 2 aliphatic rings. The lowest BCUT2D eigenvalue weighted by Crippen LogP contribution is -2.35. The minimum absolute atomic E-state index is 0.417. The van der Waals surface area contributed by atoms with Gasteiger partial charge in [-0.1, -0.05) is 19.3 Å². The molecule has 0 bridgehead atoms. The molecular weight excluding hydrogens is 416 g/mol. The Morgan fingerprint density at radius 3 is 2.70 bits per heavy atom. The minimum Gasteiger partial charge on any atom is -0.387 e. The maximum absolute atomic E-state index is 11.0. The Kier molecular flexibility index (Phi) is 6.18. The SMILES string of the molecule is NS(=O)(=O)OC[C@H]1O[C@@H](n2cnc3c(NCC4CCCCC4)ncnc32)[C@H](O)[C@@H]1O. The standard InChI is InChI=1S/C17H26N6O6S/c18-30(26,27)28-7-11-13(24)14(25)17(29-11)23-9-22-12-15(20-8-21-16(12)23)19-6-10-4-2-1-3-5-10/h8-11,13-14,17,24-25H,1-7H2,(H2,18,26,27)(H,19,20,21)/t11-,13-,14-,17-/m1/s1. The number of rotatable bonds is 7. The van der Waals surface area contributed by atoms with Crippen LogP contribution < -0.4 is 10.5 Å². The Labute approximate surface area is 173 Å². The second kappa shape index (κ2) is 8.69.